The van der Waals surface area contributed by atoms with Crippen LogP contribution in [0.4, 0.5) is 0 Å². The summed E-state index contributed by atoms with van der Waals surface area (Å²) in [5.74, 6) is 1.15. The number of amides is 1. The lowest BCUT2D eigenvalue weighted by atomic mass is 9.98. The molecule has 0 atom stereocenters. The number of benzene rings is 1. The number of guanidine groups is 1. The average Bonchev–Trinajstić information content (AvgIpc) is 2.69. The quantitative estimate of drug-likeness (QED) is 0.306. The van der Waals surface area contributed by atoms with Crippen molar-refractivity contribution < 1.29 is 13.2 Å². The molecule has 170 valence electrons. The molecule has 30 heavy (non-hydrogen) atoms. The molecule has 2 N–H and O–H groups in total. The smallest absolute Gasteiger partial charge is 0.253 e. The van der Waals surface area contributed by atoms with Gasteiger partial charge in [-0.1, -0.05) is 12.1 Å². The Hall–Kier alpha value is -1.40. The molecule has 1 aliphatic rings. The topological polar surface area (TPSA) is 94.1 Å². The monoisotopic (exact) mass is 551 g/mol. The van der Waals surface area contributed by atoms with E-state index in [-0.39, 0.29) is 29.9 Å². The fourth-order valence-electron chi connectivity index (χ4n) is 3.21. The first-order valence-electron chi connectivity index (χ1n) is 9.98. The number of nitrogens with one attached hydrogen (secondary N) is 2. The highest BCUT2D eigenvalue weighted by molar-refractivity contribution is 14.0. The molecule has 1 saturated heterocycles. The molecule has 1 aliphatic heterocycles. The van der Waals surface area contributed by atoms with Gasteiger partial charge in [0.05, 0.1) is 12.8 Å². The van der Waals surface area contributed by atoms with Gasteiger partial charge in [0.1, 0.15) is 0 Å². The Morgan fingerprint density at radius 3 is 2.27 bits per heavy atom. The molecular formula is C20H34IN5O3S. The number of hydrogen-bond acceptors (Lipinski definition) is 4. The molecule has 8 nitrogen and oxygen atoms in total. The maximum Gasteiger partial charge on any atom is 0.253 e. The third kappa shape index (κ3) is 8.38. The Morgan fingerprint density at radius 2 is 1.77 bits per heavy atom. The van der Waals surface area contributed by atoms with Crippen molar-refractivity contribution in [1.29, 1.82) is 0 Å². The average molecular weight is 551 g/mol. The van der Waals surface area contributed by atoms with Crippen LogP contribution in [-0.4, -0.2) is 76.0 Å². The molecule has 0 spiro atoms. The summed E-state index contributed by atoms with van der Waals surface area (Å²) in [6, 6.07) is 7.49. The van der Waals surface area contributed by atoms with E-state index in [1.807, 2.05) is 31.2 Å². The molecule has 10 heteroatoms. The fraction of sp³-hybridized carbons (Fsp3) is 0.600. The Morgan fingerprint density at radius 1 is 1.17 bits per heavy atom. The van der Waals surface area contributed by atoms with Gasteiger partial charge in [-0.15, -0.1) is 24.0 Å². The zero-order valence-corrected chi connectivity index (χ0v) is 21.4. The number of sulfonamides is 1. The first-order chi connectivity index (χ1) is 13.7. The van der Waals surface area contributed by atoms with Gasteiger partial charge in [-0.25, -0.2) is 17.7 Å². The predicted octanol–water partition coefficient (Wildman–Crippen LogP) is 1.73. The Labute approximate surface area is 197 Å². The van der Waals surface area contributed by atoms with Crippen molar-refractivity contribution in [1.82, 2.24) is 19.8 Å². The zero-order valence-electron chi connectivity index (χ0n) is 18.2. The number of halogens is 1. The molecular weight excluding hydrogens is 517 g/mol. The Balaban J connectivity index is 0.00000450. The molecule has 1 fully saturated rings. The molecule has 1 amide bonds. The maximum atomic E-state index is 12.0. The molecule has 2 rings (SSSR count). The van der Waals surface area contributed by atoms with Crippen molar-refractivity contribution in [2.75, 3.05) is 46.5 Å². The molecule has 0 saturated carbocycles. The summed E-state index contributed by atoms with van der Waals surface area (Å²) in [5.41, 5.74) is 1.69. The van der Waals surface area contributed by atoms with E-state index >= 15 is 0 Å². The van der Waals surface area contributed by atoms with Crippen LogP contribution in [0.3, 0.4) is 0 Å². The van der Waals surface area contributed by atoms with E-state index in [1.54, 1.807) is 23.3 Å². The number of aliphatic imine (C=N–C) groups is 1. The normalized spacial score (nSPS) is 15.9. The van der Waals surface area contributed by atoms with E-state index in [9.17, 15) is 13.2 Å². The van der Waals surface area contributed by atoms with Gasteiger partial charge in [0.15, 0.2) is 5.96 Å². The number of hydrogen-bond donors (Lipinski definition) is 2. The van der Waals surface area contributed by atoms with Crippen LogP contribution in [0.15, 0.2) is 29.3 Å². The van der Waals surface area contributed by atoms with Crippen molar-refractivity contribution in [2.45, 2.75) is 26.3 Å². The van der Waals surface area contributed by atoms with Gasteiger partial charge in [-0.05, 0) is 43.4 Å². The predicted molar refractivity (Wildman–Crippen MR) is 132 cm³/mol. The van der Waals surface area contributed by atoms with Gasteiger partial charge in [0, 0.05) is 45.8 Å². The molecule has 0 bridgehead atoms. The van der Waals surface area contributed by atoms with Crippen LogP contribution >= 0.6 is 24.0 Å². The molecule has 1 heterocycles. The number of piperidine rings is 1. The highest BCUT2D eigenvalue weighted by Gasteiger charge is 2.24. The largest absolute Gasteiger partial charge is 0.357 e. The Bertz CT molecular complexity index is 804. The summed E-state index contributed by atoms with van der Waals surface area (Å²) in [6.45, 7) is 5.21. The van der Waals surface area contributed by atoms with Crippen molar-refractivity contribution >= 4 is 45.9 Å². The molecule has 0 aliphatic carbocycles. The van der Waals surface area contributed by atoms with Crippen LogP contribution in [0, 0.1) is 5.92 Å². The molecule has 0 unspecified atom stereocenters. The third-order valence-corrected chi connectivity index (χ3v) is 6.27. The molecule has 1 aromatic rings. The van der Waals surface area contributed by atoms with Gasteiger partial charge in [0.25, 0.3) is 5.91 Å². The van der Waals surface area contributed by atoms with E-state index in [0.29, 0.717) is 31.1 Å². The third-order valence-electron chi connectivity index (χ3n) is 4.97. The van der Waals surface area contributed by atoms with E-state index < -0.39 is 10.0 Å². The summed E-state index contributed by atoms with van der Waals surface area (Å²) >= 11 is 0. The lowest BCUT2D eigenvalue weighted by Crippen LogP contribution is -2.44. The van der Waals surface area contributed by atoms with E-state index in [0.717, 1.165) is 37.5 Å². The number of rotatable bonds is 7. The van der Waals surface area contributed by atoms with Crippen molar-refractivity contribution in [3.05, 3.63) is 35.4 Å². The summed E-state index contributed by atoms with van der Waals surface area (Å²) in [4.78, 5) is 18.1. The van der Waals surface area contributed by atoms with Gasteiger partial charge in [-0.2, -0.15) is 0 Å². The second-order valence-electron chi connectivity index (χ2n) is 7.58. The lowest BCUT2D eigenvalue weighted by molar-refractivity contribution is 0.0827. The number of carbonyl (C=O) groups excluding carboxylic acids is 1. The minimum Gasteiger partial charge on any atom is -0.357 e. The van der Waals surface area contributed by atoms with Crippen molar-refractivity contribution in [3.63, 3.8) is 0 Å². The number of carbonyl (C=O) groups is 1. The summed E-state index contributed by atoms with van der Waals surface area (Å²) < 4.78 is 24.8. The Kier molecular flexibility index (Phi) is 11.1. The standard InChI is InChI=1S/C20H33N5O3S.HI/c1-5-21-20(23-15-17-10-12-25(13-11-17)29(4,27)28)22-14-16-6-8-18(9-7-16)19(26)24(2)3;/h6-9,17H,5,10-15H2,1-4H3,(H2,21,22,23);1H. The second-order valence-corrected chi connectivity index (χ2v) is 9.56. The van der Waals surface area contributed by atoms with Crippen LogP contribution in [0.25, 0.3) is 0 Å². The van der Waals surface area contributed by atoms with Crippen LogP contribution in [0.1, 0.15) is 35.7 Å². The first-order valence-corrected chi connectivity index (χ1v) is 11.8. The van der Waals surface area contributed by atoms with Gasteiger partial charge in [-0.3, -0.25) is 4.79 Å². The molecule has 0 radical (unpaired) electrons. The van der Waals surface area contributed by atoms with Crippen LogP contribution in [-0.2, 0) is 16.6 Å². The maximum absolute atomic E-state index is 12.0. The van der Waals surface area contributed by atoms with Gasteiger partial charge < -0.3 is 15.5 Å². The fourth-order valence-corrected chi connectivity index (χ4v) is 4.08. The van der Waals surface area contributed by atoms with E-state index in [4.69, 9.17) is 0 Å². The summed E-state index contributed by atoms with van der Waals surface area (Å²) in [6.07, 6.45) is 2.96. The van der Waals surface area contributed by atoms with E-state index in [1.165, 1.54) is 6.26 Å². The van der Waals surface area contributed by atoms with Crippen LogP contribution in [0.2, 0.25) is 0 Å². The highest BCUT2D eigenvalue weighted by Crippen LogP contribution is 2.18. The SMILES string of the molecule is CCNC(=NCc1ccc(C(=O)N(C)C)cc1)NCC1CCN(S(C)(=O)=O)CC1.I. The minimum absolute atomic E-state index is 0. The lowest BCUT2D eigenvalue weighted by Gasteiger charge is -2.30. The molecule has 1 aromatic carbocycles. The van der Waals surface area contributed by atoms with Crippen molar-refractivity contribution in [2.24, 2.45) is 10.9 Å². The minimum atomic E-state index is -3.09. The second kappa shape index (κ2) is 12.5. The first kappa shape index (κ1) is 26.6. The van der Waals surface area contributed by atoms with Gasteiger partial charge in [0.2, 0.25) is 10.0 Å². The number of nitrogens with zero attached hydrogens (tertiary/aromatic N) is 3. The summed E-state index contributed by atoms with van der Waals surface area (Å²) in [5, 5.41) is 6.61. The highest BCUT2D eigenvalue weighted by atomic mass is 127. The van der Waals surface area contributed by atoms with E-state index in [2.05, 4.69) is 15.6 Å². The summed E-state index contributed by atoms with van der Waals surface area (Å²) in [7, 11) is 0.383. The van der Waals surface area contributed by atoms with Crippen molar-refractivity contribution in [3.8, 4) is 0 Å². The van der Waals surface area contributed by atoms with Crippen LogP contribution in [0.5, 0.6) is 0 Å². The van der Waals surface area contributed by atoms with Crippen LogP contribution < -0.4 is 10.6 Å². The van der Waals surface area contributed by atoms with Gasteiger partial charge >= 0.3 is 0 Å². The molecule has 0 aromatic heterocycles. The zero-order chi connectivity index (χ0) is 21.4.